The number of aromatic hydroxyl groups is 1. The first kappa shape index (κ1) is 13.2. The number of phenolic OH excluding ortho intramolecular Hbond substituents is 1. The summed E-state index contributed by atoms with van der Waals surface area (Å²) in [5.74, 6) is 0.447. The average Bonchev–Trinajstić information content (AvgIpc) is 2.84. The molecular weight excluding hydrogens is 246 g/mol. The molecule has 0 saturated carbocycles. The van der Waals surface area contributed by atoms with E-state index in [2.05, 4.69) is 48.6 Å². The summed E-state index contributed by atoms with van der Waals surface area (Å²) in [5, 5.41) is 13.6. The quantitative estimate of drug-likeness (QED) is 0.887. The number of fused-ring (bicyclic) bond motifs is 1. The van der Waals surface area contributed by atoms with E-state index in [4.69, 9.17) is 0 Å². The number of phenols is 1. The summed E-state index contributed by atoms with van der Waals surface area (Å²) < 4.78 is 0. The van der Waals surface area contributed by atoms with Crippen molar-refractivity contribution >= 4 is 0 Å². The first-order chi connectivity index (χ1) is 9.74. The number of nitrogens with one attached hydrogen (secondary N) is 1. The summed E-state index contributed by atoms with van der Waals surface area (Å²) in [6, 6.07) is 17.2. The maximum atomic E-state index is 9.89. The van der Waals surface area contributed by atoms with Crippen LogP contribution in [0.2, 0.25) is 0 Å². The number of hydrogen-bond donors (Lipinski definition) is 2. The molecule has 2 heteroatoms. The largest absolute Gasteiger partial charge is 0.508 e. The van der Waals surface area contributed by atoms with Gasteiger partial charge in [0, 0.05) is 12.1 Å². The van der Waals surface area contributed by atoms with Gasteiger partial charge in [0.1, 0.15) is 5.75 Å². The van der Waals surface area contributed by atoms with Crippen molar-refractivity contribution in [2.24, 2.45) is 0 Å². The van der Waals surface area contributed by atoms with Crippen molar-refractivity contribution in [2.75, 3.05) is 0 Å². The van der Waals surface area contributed by atoms with E-state index in [0.717, 1.165) is 24.8 Å². The summed E-state index contributed by atoms with van der Waals surface area (Å²) in [7, 11) is 0. The number of rotatable bonds is 4. The Morgan fingerprint density at radius 3 is 2.75 bits per heavy atom. The molecule has 20 heavy (non-hydrogen) atoms. The van der Waals surface area contributed by atoms with Crippen LogP contribution < -0.4 is 5.32 Å². The zero-order valence-electron chi connectivity index (χ0n) is 11.8. The lowest BCUT2D eigenvalue weighted by Gasteiger charge is -2.20. The molecule has 0 amide bonds. The van der Waals surface area contributed by atoms with E-state index in [1.54, 1.807) is 6.07 Å². The zero-order chi connectivity index (χ0) is 13.9. The average molecular weight is 267 g/mol. The minimum absolute atomic E-state index is 0.371. The van der Waals surface area contributed by atoms with E-state index in [0.29, 0.717) is 17.8 Å². The molecule has 2 atom stereocenters. The predicted molar refractivity (Wildman–Crippen MR) is 81.9 cm³/mol. The molecule has 2 aromatic rings. The molecule has 2 nitrogen and oxygen atoms in total. The Balaban J connectivity index is 1.67. The molecule has 0 bridgehead atoms. The van der Waals surface area contributed by atoms with Crippen LogP contribution in [0.15, 0.2) is 48.5 Å². The third kappa shape index (κ3) is 2.70. The minimum Gasteiger partial charge on any atom is -0.508 e. The lowest BCUT2D eigenvalue weighted by atomic mass is 10.0. The molecular formula is C18H21NO. The lowest BCUT2D eigenvalue weighted by Crippen LogP contribution is -2.31. The van der Waals surface area contributed by atoms with Crippen molar-refractivity contribution < 1.29 is 5.11 Å². The predicted octanol–water partition coefficient (Wildman–Crippen LogP) is 3.60. The monoisotopic (exact) mass is 267 g/mol. The fourth-order valence-electron chi connectivity index (χ4n) is 3.18. The van der Waals surface area contributed by atoms with Gasteiger partial charge in [-0.25, -0.2) is 0 Å². The van der Waals surface area contributed by atoms with Crippen LogP contribution in [-0.4, -0.2) is 11.1 Å². The van der Waals surface area contributed by atoms with E-state index >= 15 is 0 Å². The highest BCUT2D eigenvalue weighted by atomic mass is 16.3. The molecule has 0 aromatic heterocycles. The lowest BCUT2D eigenvalue weighted by molar-refractivity contribution is 0.451. The zero-order valence-corrected chi connectivity index (χ0v) is 11.8. The minimum atomic E-state index is 0.371. The van der Waals surface area contributed by atoms with Crippen LogP contribution >= 0.6 is 0 Å². The molecule has 2 unspecified atom stereocenters. The first-order valence-corrected chi connectivity index (χ1v) is 7.35. The van der Waals surface area contributed by atoms with Crippen molar-refractivity contribution in [3.8, 4) is 5.75 Å². The smallest absolute Gasteiger partial charge is 0.119 e. The third-order valence-corrected chi connectivity index (χ3v) is 4.12. The number of hydrogen-bond acceptors (Lipinski definition) is 2. The molecule has 0 radical (unpaired) electrons. The van der Waals surface area contributed by atoms with Crippen LogP contribution in [0.25, 0.3) is 0 Å². The van der Waals surface area contributed by atoms with E-state index in [1.807, 2.05) is 6.07 Å². The fraction of sp³-hybridized carbons (Fsp3) is 0.333. The van der Waals surface area contributed by atoms with Gasteiger partial charge < -0.3 is 10.4 Å². The SMILES string of the molecule is CC(Cc1ccccc1)NC1CCc2c(O)cccc21. The molecule has 2 aromatic carbocycles. The van der Waals surface area contributed by atoms with Crippen LogP contribution in [0.3, 0.4) is 0 Å². The number of benzene rings is 2. The van der Waals surface area contributed by atoms with Crippen LogP contribution in [-0.2, 0) is 12.8 Å². The Bertz CT molecular complexity index is 579. The van der Waals surface area contributed by atoms with Gasteiger partial charge in [0.2, 0.25) is 0 Å². The van der Waals surface area contributed by atoms with Gasteiger partial charge in [0.25, 0.3) is 0 Å². The molecule has 0 spiro atoms. The Labute approximate surface area is 120 Å². The Morgan fingerprint density at radius 1 is 1.15 bits per heavy atom. The summed E-state index contributed by atoms with van der Waals surface area (Å²) in [4.78, 5) is 0. The molecule has 2 N–H and O–H groups in total. The topological polar surface area (TPSA) is 32.3 Å². The van der Waals surface area contributed by atoms with Gasteiger partial charge in [-0.05, 0) is 48.9 Å². The highest BCUT2D eigenvalue weighted by molar-refractivity contribution is 5.44. The second kappa shape index (κ2) is 5.68. The van der Waals surface area contributed by atoms with Crippen LogP contribution in [0.1, 0.15) is 36.1 Å². The standard InChI is InChI=1S/C18H21NO/c1-13(12-14-6-3-2-4-7-14)19-17-11-10-16-15(17)8-5-9-18(16)20/h2-9,13,17,19-20H,10-12H2,1H3. The Kier molecular flexibility index (Phi) is 3.75. The highest BCUT2D eigenvalue weighted by Crippen LogP contribution is 2.36. The van der Waals surface area contributed by atoms with Crippen molar-refractivity contribution in [3.05, 3.63) is 65.2 Å². The molecule has 1 aliphatic carbocycles. The summed E-state index contributed by atoms with van der Waals surface area (Å²) in [5.41, 5.74) is 3.75. The summed E-state index contributed by atoms with van der Waals surface area (Å²) >= 11 is 0. The maximum absolute atomic E-state index is 9.89. The van der Waals surface area contributed by atoms with Crippen LogP contribution in [0.4, 0.5) is 0 Å². The van der Waals surface area contributed by atoms with E-state index in [1.165, 1.54) is 11.1 Å². The van der Waals surface area contributed by atoms with Crippen molar-refractivity contribution in [1.82, 2.24) is 5.32 Å². The van der Waals surface area contributed by atoms with Gasteiger partial charge in [0.15, 0.2) is 0 Å². The summed E-state index contributed by atoms with van der Waals surface area (Å²) in [6.07, 6.45) is 3.08. The maximum Gasteiger partial charge on any atom is 0.119 e. The van der Waals surface area contributed by atoms with Gasteiger partial charge in [0.05, 0.1) is 0 Å². The van der Waals surface area contributed by atoms with Gasteiger partial charge in [-0.3, -0.25) is 0 Å². The highest BCUT2D eigenvalue weighted by Gasteiger charge is 2.25. The molecule has 0 aliphatic heterocycles. The van der Waals surface area contributed by atoms with Crippen molar-refractivity contribution in [3.63, 3.8) is 0 Å². The molecule has 0 heterocycles. The second-order valence-electron chi connectivity index (χ2n) is 5.69. The van der Waals surface area contributed by atoms with Crippen molar-refractivity contribution in [2.45, 2.75) is 38.3 Å². The van der Waals surface area contributed by atoms with Crippen molar-refractivity contribution in [1.29, 1.82) is 0 Å². The van der Waals surface area contributed by atoms with E-state index < -0.39 is 0 Å². The second-order valence-corrected chi connectivity index (χ2v) is 5.69. The normalized spacial score (nSPS) is 18.8. The van der Waals surface area contributed by atoms with Crippen LogP contribution in [0, 0.1) is 0 Å². The van der Waals surface area contributed by atoms with Gasteiger partial charge in [-0.1, -0.05) is 42.5 Å². The fourth-order valence-corrected chi connectivity index (χ4v) is 3.18. The Morgan fingerprint density at radius 2 is 1.95 bits per heavy atom. The van der Waals surface area contributed by atoms with Gasteiger partial charge in [-0.2, -0.15) is 0 Å². The van der Waals surface area contributed by atoms with Gasteiger partial charge in [-0.15, -0.1) is 0 Å². The third-order valence-electron chi connectivity index (χ3n) is 4.12. The molecule has 0 saturated heterocycles. The van der Waals surface area contributed by atoms with Gasteiger partial charge >= 0.3 is 0 Å². The molecule has 1 aliphatic rings. The molecule has 3 rings (SSSR count). The molecule has 0 fully saturated rings. The first-order valence-electron chi connectivity index (χ1n) is 7.35. The van der Waals surface area contributed by atoms with E-state index in [9.17, 15) is 5.11 Å². The molecule has 104 valence electrons. The Hall–Kier alpha value is -1.80. The van der Waals surface area contributed by atoms with Crippen LogP contribution in [0.5, 0.6) is 5.75 Å². The van der Waals surface area contributed by atoms with E-state index in [-0.39, 0.29) is 0 Å². The summed E-state index contributed by atoms with van der Waals surface area (Å²) in [6.45, 7) is 2.23.